The van der Waals surface area contributed by atoms with Crippen LogP contribution in [0, 0.1) is 17.8 Å². The lowest BCUT2D eigenvalue weighted by molar-refractivity contribution is -0.139. The van der Waals surface area contributed by atoms with Crippen LogP contribution >= 0.6 is 0 Å². The lowest BCUT2D eigenvalue weighted by Crippen LogP contribution is -2.61. The van der Waals surface area contributed by atoms with Crippen LogP contribution in [0.25, 0.3) is 16.9 Å². The van der Waals surface area contributed by atoms with Crippen molar-refractivity contribution in [1.82, 2.24) is 9.80 Å². The second-order valence-electron chi connectivity index (χ2n) is 14.0. The number of phenols is 1. The molecular weight excluding hydrogens is 570 g/mol. The largest absolute Gasteiger partial charge is 0.510 e. The van der Waals surface area contributed by atoms with Gasteiger partial charge in [-0.1, -0.05) is 43.5 Å². The van der Waals surface area contributed by atoms with Crippen molar-refractivity contribution >= 4 is 17.4 Å². The van der Waals surface area contributed by atoms with E-state index in [-0.39, 0.29) is 34.0 Å². The van der Waals surface area contributed by atoms with E-state index >= 15 is 0 Å². The summed E-state index contributed by atoms with van der Waals surface area (Å²) in [5, 5.41) is 45.5. The monoisotopic (exact) mass is 615 g/mol. The number of hydrogen-bond acceptors (Lipinski definition) is 8. The first kappa shape index (κ1) is 31.3. The molecule has 0 bridgehead atoms. The summed E-state index contributed by atoms with van der Waals surface area (Å²) in [7, 11) is 5.68. The summed E-state index contributed by atoms with van der Waals surface area (Å²) < 4.78 is 0. The number of phenolic OH excluding ortho intramolecular Hbond substituents is 1. The predicted molar refractivity (Wildman–Crippen MR) is 172 cm³/mol. The first-order valence-corrected chi connectivity index (χ1v) is 16.1. The molecule has 0 aliphatic heterocycles. The number of likely N-dealkylation sites (N-methyl/N-ethyl adjacent to an activating group) is 1. The number of benzene rings is 2. The molecule has 4 aliphatic rings. The van der Waals surface area contributed by atoms with Gasteiger partial charge in [-0.05, 0) is 100.0 Å². The van der Waals surface area contributed by atoms with E-state index in [1.165, 1.54) is 44.6 Å². The summed E-state index contributed by atoms with van der Waals surface area (Å²) in [6.07, 6.45) is 7.05. The highest BCUT2D eigenvalue weighted by atomic mass is 16.3. The van der Waals surface area contributed by atoms with Crippen molar-refractivity contribution in [3.8, 4) is 16.9 Å². The number of Topliss-reactive ketones (excluding diaryl/α,β-unsaturated/α-hetero) is 1. The number of aliphatic hydroxyl groups is 3. The van der Waals surface area contributed by atoms with Crippen molar-refractivity contribution in [2.45, 2.75) is 76.1 Å². The van der Waals surface area contributed by atoms with Gasteiger partial charge < -0.3 is 26.2 Å². The van der Waals surface area contributed by atoms with Gasteiger partial charge in [-0.3, -0.25) is 19.4 Å². The van der Waals surface area contributed by atoms with Gasteiger partial charge in [0.25, 0.3) is 5.91 Å². The maximum Gasteiger partial charge on any atom is 0.251 e. The number of carbonyl (C=O) groups excluding carboxylic acids is 2. The molecule has 0 aromatic heterocycles. The smallest absolute Gasteiger partial charge is 0.251 e. The molecule has 5 atom stereocenters. The number of ketones is 1. The highest BCUT2D eigenvalue weighted by molar-refractivity contribution is 6.08. The number of aliphatic hydroxyl groups excluding tert-OH is 2. The number of nitrogens with zero attached hydrogens (tertiary/aromatic N) is 2. The van der Waals surface area contributed by atoms with Crippen LogP contribution < -0.4 is 5.73 Å². The minimum Gasteiger partial charge on any atom is -0.510 e. The molecule has 240 valence electrons. The van der Waals surface area contributed by atoms with Crippen LogP contribution in [0.4, 0.5) is 0 Å². The fourth-order valence-electron chi connectivity index (χ4n) is 8.93. The van der Waals surface area contributed by atoms with E-state index in [0.29, 0.717) is 18.9 Å². The van der Waals surface area contributed by atoms with Crippen LogP contribution in [0.15, 0.2) is 53.3 Å². The van der Waals surface area contributed by atoms with Crippen molar-refractivity contribution in [2.24, 2.45) is 23.5 Å². The molecule has 6 N–H and O–H groups in total. The van der Waals surface area contributed by atoms with E-state index in [0.717, 1.165) is 23.2 Å². The van der Waals surface area contributed by atoms with Crippen LogP contribution in [0.1, 0.15) is 62.1 Å². The van der Waals surface area contributed by atoms with Crippen molar-refractivity contribution < 1.29 is 30.0 Å². The topological polar surface area (TPSA) is 148 Å². The lowest BCUT2D eigenvalue weighted by atomic mass is 9.55. The summed E-state index contributed by atoms with van der Waals surface area (Å²) in [6, 6.07) is 11.6. The summed E-state index contributed by atoms with van der Waals surface area (Å²) in [6.45, 7) is 2.15. The number of fused-ring (bicyclic) bond motifs is 3. The Morgan fingerprint density at radius 1 is 1.04 bits per heavy atom. The minimum atomic E-state index is -2.04. The highest BCUT2D eigenvalue weighted by Crippen LogP contribution is 2.54. The van der Waals surface area contributed by atoms with Gasteiger partial charge in [-0.2, -0.15) is 0 Å². The van der Waals surface area contributed by atoms with E-state index in [9.17, 15) is 30.0 Å². The lowest BCUT2D eigenvalue weighted by Gasteiger charge is -2.52. The summed E-state index contributed by atoms with van der Waals surface area (Å²) in [5.74, 6) is -4.35. The second-order valence-corrected chi connectivity index (χ2v) is 14.0. The summed E-state index contributed by atoms with van der Waals surface area (Å²) in [4.78, 5) is 30.9. The SMILES string of the molecule is CN(Cc1cccc(-c2ccc(O)c3c2CC2CC4C(C(=O)C2=C3O)C(C)(O)C(C(N)=O)=C(O)[C@H]4N(C)C)c1)C1CCCCC1. The Balaban J connectivity index is 1.40. The Kier molecular flexibility index (Phi) is 8.08. The number of hydrogen-bond donors (Lipinski definition) is 5. The van der Waals surface area contributed by atoms with E-state index in [1.54, 1.807) is 25.1 Å². The van der Waals surface area contributed by atoms with Gasteiger partial charge in [0.2, 0.25) is 0 Å². The number of primary amides is 1. The summed E-state index contributed by atoms with van der Waals surface area (Å²) in [5.41, 5.74) is 7.33. The molecule has 4 unspecified atom stereocenters. The van der Waals surface area contributed by atoms with Gasteiger partial charge in [0, 0.05) is 18.2 Å². The Labute approximate surface area is 264 Å². The van der Waals surface area contributed by atoms with Crippen molar-refractivity contribution in [3.05, 3.63) is 70.0 Å². The number of rotatable bonds is 6. The molecule has 0 saturated heterocycles. The number of amides is 1. The highest BCUT2D eigenvalue weighted by Gasteiger charge is 2.60. The third-order valence-corrected chi connectivity index (χ3v) is 10.9. The van der Waals surface area contributed by atoms with E-state index in [4.69, 9.17) is 5.73 Å². The third kappa shape index (κ3) is 5.15. The Morgan fingerprint density at radius 3 is 2.42 bits per heavy atom. The van der Waals surface area contributed by atoms with Gasteiger partial charge in [-0.25, -0.2) is 0 Å². The number of nitrogens with two attached hydrogens (primary N) is 1. The molecule has 45 heavy (non-hydrogen) atoms. The van der Waals surface area contributed by atoms with Gasteiger partial charge >= 0.3 is 0 Å². The van der Waals surface area contributed by atoms with Gasteiger partial charge in [0.15, 0.2) is 5.78 Å². The summed E-state index contributed by atoms with van der Waals surface area (Å²) >= 11 is 0. The third-order valence-electron chi connectivity index (χ3n) is 10.9. The molecular formula is C36H45N3O6. The van der Waals surface area contributed by atoms with Crippen molar-refractivity contribution in [1.29, 1.82) is 0 Å². The predicted octanol–water partition coefficient (Wildman–Crippen LogP) is 4.46. The molecule has 2 aromatic rings. The standard InChI is InChI=1S/C36H45N3O6/c1-36(45)29-25(31(38(2)3)34(43)30(36)35(37)44)17-21-16-24-23(13-14-26(40)28(24)32(41)27(21)33(29)42)20-10-8-9-19(15-20)18-39(4)22-11-6-5-7-12-22/h8-10,13-15,21-22,25,29,31,40-41,43,45H,5-7,11-12,16-18H2,1-4H3,(H2,37,44)/t21?,25?,29?,31-,36?/m0/s1. The van der Waals surface area contributed by atoms with Crippen LogP contribution in [0.3, 0.4) is 0 Å². The van der Waals surface area contributed by atoms with Crippen molar-refractivity contribution in [2.75, 3.05) is 21.1 Å². The van der Waals surface area contributed by atoms with E-state index in [1.807, 2.05) is 18.2 Å². The molecule has 2 fully saturated rings. The zero-order valence-electron chi connectivity index (χ0n) is 26.6. The number of carbonyl (C=O) groups is 2. The van der Waals surface area contributed by atoms with Crippen molar-refractivity contribution in [3.63, 3.8) is 0 Å². The first-order valence-electron chi connectivity index (χ1n) is 16.1. The fourth-order valence-corrected chi connectivity index (χ4v) is 8.93. The fraction of sp³-hybridized carbons (Fsp3) is 0.500. The zero-order chi connectivity index (χ0) is 32.4. The molecule has 0 radical (unpaired) electrons. The maximum atomic E-state index is 14.3. The average Bonchev–Trinajstić information content (AvgIpc) is 2.96. The molecule has 4 aliphatic carbocycles. The molecule has 1 amide bonds. The van der Waals surface area contributed by atoms with E-state index in [2.05, 4.69) is 24.1 Å². The van der Waals surface area contributed by atoms with Crippen LogP contribution in [0.2, 0.25) is 0 Å². The van der Waals surface area contributed by atoms with Crippen LogP contribution in [0.5, 0.6) is 5.75 Å². The van der Waals surface area contributed by atoms with E-state index < -0.39 is 41.1 Å². The average molecular weight is 616 g/mol. The number of allylic oxidation sites excluding steroid dienone is 1. The quantitative estimate of drug-likeness (QED) is 0.320. The van der Waals surface area contributed by atoms with Gasteiger partial charge in [0.05, 0.1) is 23.1 Å². The second kappa shape index (κ2) is 11.6. The van der Waals surface area contributed by atoms with Gasteiger partial charge in [0.1, 0.15) is 22.9 Å². The minimum absolute atomic E-state index is 0.128. The maximum absolute atomic E-state index is 14.3. The van der Waals surface area contributed by atoms with Crippen LogP contribution in [-0.2, 0) is 22.6 Å². The Bertz CT molecular complexity index is 1600. The molecule has 6 rings (SSSR count). The molecule has 2 aromatic carbocycles. The molecule has 9 nitrogen and oxygen atoms in total. The molecule has 9 heteroatoms. The number of aromatic hydroxyl groups is 1. The molecule has 0 spiro atoms. The van der Waals surface area contributed by atoms with Gasteiger partial charge in [-0.15, -0.1) is 0 Å². The molecule has 2 saturated carbocycles. The van der Waals surface area contributed by atoms with Crippen LogP contribution in [-0.4, -0.2) is 80.7 Å². The molecule has 0 heterocycles. The Hall–Kier alpha value is -3.66. The Morgan fingerprint density at radius 2 is 1.76 bits per heavy atom. The zero-order valence-corrected chi connectivity index (χ0v) is 26.6. The normalized spacial score (nSPS) is 28.7. The first-order chi connectivity index (χ1) is 21.3.